The Morgan fingerprint density at radius 1 is 1.03 bits per heavy atom. The van der Waals surface area contributed by atoms with Gasteiger partial charge in [-0.25, -0.2) is 0 Å². The maximum atomic E-state index is 13.4. The smallest absolute Gasteiger partial charge is 0.257 e. The number of allylic oxidation sites excluding steroid dienone is 1. The predicted molar refractivity (Wildman–Crippen MR) is 130 cm³/mol. The van der Waals surface area contributed by atoms with Gasteiger partial charge in [-0.2, -0.15) is 0 Å². The molecule has 1 atom stereocenters. The molecule has 1 unspecified atom stereocenters. The fourth-order valence-electron chi connectivity index (χ4n) is 6.21. The van der Waals surface area contributed by atoms with Crippen molar-refractivity contribution in [2.45, 2.75) is 89.2 Å². The molecular weight excluding hydrogens is 396 g/mol. The third-order valence-electron chi connectivity index (χ3n) is 8.34. The lowest BCUT2D eigenvalue weighted by Crippen LogP contribution is -2.54. The Kier molecular flexibility index (Phi) is 8.07. The van der Waals surface area contributed by atoms with Gasteiger partial charge >= 0.3 is 0 Å². The highest BCUT2D eigenvalue weighted by molar-refractivity contribution is 5.87. The molecular formula is C28H42N2O2. The van der Waals surface area contributed by atoms with E-state index in [1.54, 1.807) is 5.57 Å². The standard InChI is InChI=1S/C28H42N2O2/c1-22(23-11-5-6-12-23)10-9-19-30-20-17-26(18-21-30)29-27(31)28(32,25-15-7-8-16-25)24-13-3-2-4-14-24/h2-4,10,13-14,23,25-26,32H,5-9,11-12,15-21H2,1H3,(H,29,31)/b22-10+. The molecule has 4 heteroatoms. The number of hydrogen-bond donors (Lipinski definition) is 2. The van der Waals surface area contributed by atoms with Crippen LogP contribution in [0.4, 0.5) is 0 Å². The predicted octanol–water partition coefficient (Wildman–Crippen LogP) is 5.17. The molecule has 32 heavy (non-hydrogen) atoms. The van der Waals surface area contributed by atoms with E-state index in [1.807, 2.05) is 30.3 Å². The molecule has 1 amide bonds. The zero-order valence-corrected chi connectivity index (χ0v) is 19.9. The van der Waals surface area contributed by atoms with Gasteiger partial charge in [-0.05, 0) is 63.4 Å². The molecule has 4 rings (SSSR count). The highest BCUT2D eigenvalue weighted by Gasteiger charge is 2.46. The van der Waals surface area contributed by atoms with E-state index in [0.717, 1.165) is 76.1 Å². The number of benzene rings is 1. The maximum absolute atomic E-state index is 13.4. The summed E-state index contributed by atoms with van der Waals surface area (Å²) in [7, 11) is 0. The van der Waals surface area contributed by atoms with Crippen LogP contribution >= 0.6 is 0 Å². The van der Waals surface area contributed by atoms with Gasteiger partial charge in [-0.1, -0.05) is 67.7 Å². The number of nitrogens with one attached hydrogen (secondary N) is 1. The van der Waals surface area contributed by atoms with E-state index in [2.05, 4.69) is 23.2 Å². The van der Waals surface area contributed by atoms with Crippen molar-refractivity contribution in [2.75, 3.05) is 19.6 Å². The largest absolute Gasteiger partial charge is 0.375 e. The topological polar surface area (TPSA) is 52.6 Å². The van der Waals surface area contributed by atoms with Gasteiger partial charge in [0, 0.05) is 31.6 Å². The van der Waals surface area contributed by atoms with Crippen molar-refractivity contribution >= 4 is 5.91 Å². The molecule has 3 aliphatic rings. The van der Waals surface area contributed by atoms with E-state index in [9.17, 15) is 9.90 Å². The molecule has 0 bridgehead atoms. The molecule has 176 valence electrons. The van der Waals surface area contributed by atoms with Crippen LogP contribution in [0.1, 0.15) is 83.1 Å². The van der Waals surface area contributed by atoms with Crippen molar-refractivity contribution in [3.8, 4) is 0 Å². The van der Waals surface area contributed by atoms with Gasteiger partial charge in [-0.15, -0.1) is 0 Å². The number of hydrogen-bond acceptors (Lipinski definition) is 3. The average molecular weight is 439 g/mol. The molecule has 1 heterocycles. The third kappa shape index (κ3) is 5.46. The summed E-state index contributed by atoms with van der Waals surface area (Å²) in [6, 6.07) is 9.75. The Labute approximate surface area is 194 Å². The zero-order valence-electron chi connectivity index (χ0n) is 19.9. The second-order valence-corrected chi connectivity index (χ2v) is 10.4. The number of carbonyl (C=O) groups is 1. The summed E-state index contributed by atoms with van der Waals surface area (Å²) in [5.74, 6) is 0.656. The minimum absolute atomic E-state index is 0.0138. The summed E-state index contributed by atoms with van der Waals surface area (Å²) in [6.45, 7) is 5.47. The van der Waals surface area contributed by atoms with E-state index in [1.165, 1.54) is 25.7 Å². The summed E-state index contributed by atoms with van der Waals surface area (Å²) in [5, 5.41) is 14.9. The van der Waals surface area contributed by atoms with E-state index in [4.69, 9.17) is 0 Å². The first-order valence-electron chi connectivity index (χ1n) is 13.0. The van der Waals surface area contributed by atoms with E-state index >= 15 is 0 Å². The van der Waals surface area contributed by atoms with Gasteiger partial charge in [0.15, 0.2) is 5.60 Å². The van der Waals surface area contributed by atoms with Gasteiger partial charge in [0.05, 0.1) is 0 Å². The number of aliphatic hydroxyl groups is 1. The van der Waals surface area contributed by atoms with E-state index < -0.39 is 5.60 Å². The Balaban J connectivity index is 1.28. The Morgan fingerprint density at radius 2 is 1.66 bits per heavy atom. The number of nitrogens with zero attached hydrogens (tertiary/aromatic N) is 1. The minimum Gasteiger partial charge on any atom is -0.375 e. The van der Waals surface area contributed by atoms with Crippen LogP contribution < -0.4 is 5.32 Å². The van der Waals surface area contributed by atoms with Gasteiger partial charge in [0.1, 0.15) is 0 Å². The normalized spacial score (nSPS) is 24.0. The van der Waals surface area contributed by atoms with Crippen molar-refractivity contribution in [1.29, 1.82) is 0 Å². The average Bonchev–Trinajstić information content (AvgIpc) is 3.55. The van der Waals surface area contributed by atoms with E-state index in [0.29, 0.717) is 0 Å². The lowest BCUT2D eigenvalue weighted by molar-refractivity contribution is -0.148. The van der Waals surface area contributed by atoms with Crippen LogP contribution in [0.25, 0.3) is 0 Å². The Morgan fingerprint density at radius 3 is 2.31 bits per heavy atom. The molecule has 1 aliphatic heterocycles. The summed E-state index contributed by atoms with van der Waals surface area (Å²) >= 11 is 0. The SMILES string of the molecule is C/C(=C\CCN1CCC(NC(=O)C(O)(c2ccccc2)C2CCCC2)CC1)C1CCCC1. The molecule has 1 aromatic rings. The number of amides is 1. The van der Waals surface area contributed by atoms with Crippen LogP contribution in [-0.4, -0.2) is 41.6 Å². The second kappa shape index (κ2) is 11.0. The van der Waals surface area contributed by atoms with Crippen LogP contribution in [0.2, 0.25) is 0 Å². The van der Waals surface area contributed by atoms with Gasteiger partial charge in [0.2, 0.25) is 0 Å². The molecule has 0 aromatic heterocycles. The molecule has 1 aromatic carbocycles. The van der Waals surface area contributed by atoms with Crippen LogP contribution in [-0.2, 0) is 10.4 Å². The lowest BCUT2D eigenvalue weighted by atomic mass is 9.79. The molecule has 2 N–H and O–H groups in total. The molecule has 2 saturated carbocycles. The van der Waals surface area contributed by atoms with Crippen molar-refractivity contribution in [3.05, 3.63) is 47.5 Å². The first kappa shape index (κ1) is 23.5. The summed E-state index contributed by atoms with van der Waals surface area (Å²) in [4.78, 5) is 15.9. The van der Waals surface area contributed by atoms with Crippen molar-refractivity contribution in [3.63, 3.8) is 0 Å². The summed E-state index contributed by atoms with van der Waals surface area (Å²) < 4.78 is 0. The zero-order chi connectivity index (χ0) is 22.4. The fourth-order valence-corrected chi connectivity index (χ4v) is 6.21. The first-order valence-corrected chi connectivity index (χ1v) is 13.0. The first-order chi connectivity index (χ1) is 15.6. The molecule has 0 spiro atoms. The highest BCUT2D eigenvalue weighted by atomic mass is 16.3. The van der Waals surface area contributed by atoms with Crippen LogP contribution in [0.3, 0.4) is 0 Å². The van der Waals surface area contributed by atoms with Crippen molar-refractivity contribution in [2.24, 2.45) is 11.8 Å². The van der Waals surface area contributed by atoms with Crippen LogP contribution in [0, 0.1) is 11.8 Å². The summed E-state index contributed by atoms with van der Waals surface area (Å²) in [5.41, 5.74) is 0.931. The van der Waals surface area contributed by atoms with Crippen molar-refractivity contribution < 1.29 is 9.90 Å². The van der Waals surface area contributed by atoms with Crippen LogP contribution in [0.15, 0.2) is 42.0 Å². The lowest BCUT2D eigenvalue weighted by Gasteiger charge is -2.37. The van der Waals surface area contributed by atoms with Crippen molar-refractivity contribution in [1.82, 2.24) is 10.2 Å². The quantitative estimate of drug-likeness (QED) is 0.551. The number of rotatable bonds is 8. The second-order valence-electron chi connectivity index (χ2n) is 10.4. The molecule has 0 radical (unpaired) electrons. The Hall–Kier alpha value is -1.65. The third-order valence-corrected chi connectivity index (χ3v) is 8.34. The number of carbonyl (C=O) groups excluding carboxylic acids is 1. The van der Waals surface area contributed by atoms with Gasteiger partial charge in [-0.3, -0.25) is 4.79 Å². The van der Waals surface area contributed by atoms with Gasteiger partial charge < -0.3 is 15.3 Å². The molecule has 3 fully saturated rings. The molecule has 4 nitrogen and oxygen atoms in total. The summed E-state index contributed by atoms with van der Waals surface area (Å²) in [6.07, 6.45) is 15.1. The van der Waals surface area contributed by atoms with E-state index in [-0.39, 0.29) is 17.9 Å². The highest BCUT2D eigenvalue weighted by Crippen LogP contribution is 2.41. The maximum Gasteiger partial charge on any atom is 0.257 e. The van der Waals surface area contributed by atoms with Gasteiger partial charge in [0.25, 0.3) is 5.91 Å². The molecule has 1 saturated heterocycles. The number of likely N-dealkylation sites (tertiary alicyclic amines) is 1. The minimum atomic E-state index is -1.41. The number of piperidine rings is 1. The fraction of sp³-hybridized carbons (Fsp3) is 0.679. The molecule has 2 aliphatic carbocycles. The monoisotopic (exact) mass is 438 g/mol. The van der Waals surface area contributed by atoms with Crippen LogP contribution in [0.5, 0.6) is 0 Å². The Bertz CT molecular complexity index is 757.